The third-order valence-corrected chi connectivity index (χ3v) is 13.8. The Balaban J connectivity index is 0.000000140. The van der Waals surface area contributed by atoms with Crippen molar-refractivity contribution in [3.63, 3.8) is 0 Å². The molecular weight excluding hydrogens is 1110 g/mol. The van der Waals surface area contributed by atoms with Crippen molar-refractivity contribution in [2.45, 2.75) is 13.8 Å². The number of carbonyl (C=O) groups is 6. The first-order chi connectivity index (χ1) is 42.6. The van der Waals surface area contributed by atoms with E-state index in [1.807, 2.05) is 86.6 Å². The van der Waals surface area contributed by atoms with E-state index in [0.717, 1.165) is 23.0 Å². The van der Waals surface area contributed by atoms with E-state index in [1.54, 1.807) is 97.1 Å². The number of terminal acetylenes is 2. The number of ether oxygens (including phenoxy) is 6. The van der Waals surface area contributed by atoms with Crippen LogP contribution in [-0.2, 0) is 18.9 Å². The summed E-state index contributed by atoms with van der Waals surface area (Å²) in [5, 5.41) is 0. The lowest BCUT2D eigenvalue weighted by Gasteiger charge is -2.10. The Bertz CT molecular complexity index is 4380. The fourth-order valence-electron chi connectivity index (χ4n) is 9.58. The van der Waals surface area contributed by atoms with E-state index < -0.39 is 23.9 Å². The van der Waals surface area contributed by atoms with Crippen LogP contribution < -0.4 is 9.47 Å². The Labute approximate surface area is 504 Å². The largest absolute Gasteiger partial charge is 0.457 e. The molecule has 4 aliphatic heterocycles. The standard InChI is InChI=1S/2C26H14N2O5.C20H18O2/c2*1-3-14-5-4-6-17(11-14)28-24-21-13-16(8-10-19(21)26(31)33-24)22(29)15-7-9-18-20(12-15)23(27-2)32-25(18)30;1-15-6-3-8-17(12-15)21-19-10-5-11-20(14-19)22-18-9-4-7-16(2)13-18/h2*1,4-13H,2H3;3-14H,1-2H3. The predicted octanol–water partition coefficient (Wildman–Crippen LogP) is 13.3. The number of aryl methyl sites for hydroxylation is 2. The highest BCUT2D eigenvalue weighted by Crippen LogP contribution is 2.32. The molecule has 0 aliphatic carbocycles. The molecular formula is C72H46N4O12. The summed E-state index contributed by atoms with van der Waals surface area (Å²) in [6.45, 7) is 4.09. The zero-order valence-corrected chi connectivity index (χ0v) is 47.3. The van der Waals surface area contributed by atoms with Crippen LogP contribution in [-0.4, -0.2) is 73.1 Å². The van der Waals surface area contributed by atoms with Crippen LogP contribution in [0.2, 0.25) is 0 Å². The number of ketones is 2. The minimum absolute atomic E-state index is 0.0900. The summed E-state index contributed by atoms with van der Waals surface area (Å²) in [5.41, 5.74) is 9.08. The van der Waals surface area contributed by atoms with Crippen LogP contribution in [0.1, 0.15) is 118 Å². The molecule has 0 aromatic heterocycles. The molecule has 0 fully saturated rings. The summed E-state index contributed by atoms with van der Waals surface area (Å²) >= 11 is 0. The van der Waals surface area contributed by atoms with Gasteiger partial charge in [-0.25, -0.2) is 29.2 Å². The lowest BCUT2D eigenvalue weighted by molar-refractivity contribution is 0.0727. The van der Waals surface area contributed by atoms with Crippen LogP contribution in [0.4, 0.5) is 11.4 Å². The van der Waals surface area contributed by atoms with Crippen molar-refractivity contribution in [2.75, 3.05) is 14.1 Å². The second-order valence-electron chi connectivity index (χ2n) is 19.9. The van der Waals surface area contributed by atoms with E-state index in [4.69, 9.17) is 41.3 Å². The van der Waals surface area contributed by atoms with Gasteiger partial charge >= 0.3 is 23.9 Å². The summed E-state index contributed by atoms with van der Waals surface area (Å²) in [7, 11) is 3.01. The van der Waals surface area contributed by atoms with Crippen molar-refractivity contribution < 1.29 is 57.2 Å². The van der Waals surface area contributed by atoms with Crippen LogP contribution in [0.3, 0.4) is 0 Å². The Hall–Kier alpha value is -12.4. The van der Waals surface area contributed by atoms with Crippen molar-refractivity contribution >= 4 is 70.4 Å². The molecule has 0 saturated heterocycles. The van der Waals surface area contributed by atoms with E-state index in [0.29, 0.717) is 89.3 Å². The van der Waals surface area contributed by atoms with E-state index in [1.165, 1.54) is 49.5 Å². The van der Waals surface area contributed by atoms with Gasteiger partial charge in [-0.2, -0.15) is 0 Å². The second kappa shape index (κ2) is 24.8. The number of hydrogen-bond donors (Lipinski definition) is 0. The summed E-state index contributed by atoms with van der Waals surface area (Å²) in [4.78, 5) is 91.5. The summed E-state index contributed by atoms with van der Waals surface area (Å²) in [6, 6.07) is 56.1. The Morgan fingerprint density at radius 1 is 0.364 bits per heavy atom. The van der Waals surface area contributed by atoms with Gasteiger partial charge in [-0.05, 0) is 146 Å². The monoisotopic (exact) mass is 1160 g/mol. The van der Waals surface area contributed by atoms with Crippen LogP contribution >= 0.6 is 0 Å². The molecule has 16 heteroatoms. The van der Waals surface area contributed by atoms with Crippen molar-refractivity contribution in [3.05, 3.63) is 283 Å². The number of cyclic esters (lactones) is 4. The molecule has 13 rings (SSSR count). The van der Waals surface area contributed by atoms with Gasteiger partial charge < -0.3 is 28.4 Å². The molecule has 0 spiro atoms. The van der Waals surface area contributed by atoms with Crippen molar-refractivity contribution in [1.29, 1.82) is 0 Å². The maximum Gasteiger partial charge on any atom is 0.345 e. The number of esters is 4. The number of nitrogens with zero attached hydrogens (tertiary/aromatic N) is 4. The molecule has 9 aromatic carbocycles. The zero-order chi connectivity index (χ0) is 61.6. The smallest absolute Gasteiger partial charge is 0.345 e. The van der Waals surface area contributed by atoms with Gasteiger partial charge in [-0.15, -0.1) is 12.8 Å². The van der Waals surface area contributed by atoms with Crippen molar-refractivity contribution in [3.8, 4) is 47.7 Å². The van der Waals surface area contributed by atoms with Crippen LogP contribution in [0.25, 0.3) is 0 Å². The maximum atomic E-state index is 13.2. The number of carbonyl (C=O) groups excluding carboxylic acids is 6. The van der Waals surface area contributed by atoms with Gasteiger partial charge in [-0.3, -0.25) is 19.6 Å². The first-order valence-electron chi connectivity index (χ1n) is 27.0. The van der Waals surface area contributed by atoms with Gasteiger partial charge in [0.2, 0.25) is 23.6 Å². The lowest BCUT2D eigenvalue weighted by atomic mass is 9.96. The number of rotatable bonds is 10. The predicted molar refractivity (Wildman–Crippen MR) is 329 cm³/mol. The highest BCUT2D eigenvalue weighted by atomic mass is 16.6. The molecule has 0 radical (unpaired) electrons. The molecule has 9 aromatic rings. The van der Waals surface area contributed by atoms with Crippen LogP contribution in [0.5, 0.6) is 23.0 Å². The van der Waals surface area contributed by atoms with Gasteiger partial charge in [0.25, 0.3) is 0 Å². The molecule has 0 N–H and O–H groups in total. The highest BCUT2D eigenvalue weighted by Gasteiger charge is 2.33. The van der Waals surface area contributed by atoms with E-state index in [2.05, 4.69) is 31.8 Å². The minimum atomic E-state index is -0.548. The third kappa shape index (κ3) is 12.3. The van der Waals surface area contributed by atoms with E-state index in [9.17, 15) is 28.8 Å². The molecule has 16 nitrogen and oxygen atoms in total. The SMILES string of the molecule is C#Cc1cccc(N=C2OC(=O)c3ccc(C(=O)c4ccc5c(c4)C(=NC)OC5=O)cc32)c1.C#Cc1cccc(N=C2OC(=O)c3ccc(C(=O)c4ccc5c(c4)C(=NC)OC5=O)cc32)c1.Cc1cccc(Oc2cccc(Oc3cccc(C)c3)c2)c1. The minimum Gasteiger partial charge on any atom is -0.457 e. The van der Waals surface area contributed by atoms with Gasteiger partial charge in [0.05, 0.1) is 55.9 Å². The fraction of sp³-hybridized carbons (Fsp3) is 0.0556. The quantitative estimate of drug-likeness (QED) is 0.0542. The summed E-state index contributed by atoms with van der Waals surface area (Å²) in [6.07, 6.45) is 10.9. The van der Waals surface area contributed by atoms with E-state index >= 15 is 0 Å². The molecule has 0 unspecified atom stereocenters. The molecule has 0 atom stereocenters. The average Bonchev–Trinajstić information content (AvgIpc) is 2.04. The van der Waals surface area contributed by atoms with Gasteiger partial charge in [0, 0.05) is 53.5 Å². The average molecular weight is 1160 g/mol. The van der Waals surface area contributed by atoms with E-state index in [-0.39, 0.29) is 35.2 Å². The zero-order valence-electron chi connectivity index (χ0n) is 47.3. The lowest BCUT2D eigenvalue weighted by Crippen LogP contribution is -2.06. The number of fused-ring (bicyclic) bond motifs is 4. The maximum absolute atomic E-state index is 13.2. The normalized spacial score (nSPS) is 14.8. The number of aliphatic imine (C=N–C) groups is 4. The van der Waals surface area contributed by atoms with Crippen molar-refractivity contribution in [2.24, 2.45) is 20.0 Å². The molecule has 4 aliphatic rings. The first-order valence-corrected chi connectivity index (χ1v) is 27.0. The summed E-state index contributed by atoms with van der Waals surface area (Å²) < 4.78 is 32.6. The Morgan fingerprint density at radius 2 is 0.670 bits per heavy atom. The molecule has 426 valence electrons. The van der Waals surface area contributed by atoms with Crippen LogP contribution in [0.15, 0.2) is 214 Å². The first kappa shape index (κ1) is 57.4. The van der Waals surface area contributed by atoms with Crippen LogP contribution in [0, 0.1) is 38.5 Å². The molecule has 0 bridgehead atoms. The molecule has 4 heterocycles. The Kier molecular flexibility index (Phi) is 16.2. The third-order valence-electron chi connectivity index (χ3n) is 13.8. The highest BCUT2D eigenvalue weighted by molar-refractivity contribution is 6.23. The fourth-order valence-corrected chi connectivity index (χ4v) is 9.58. The van der Waals surface area contributed by atoms with Gasteiger partial charge in [0.15, 0.2) is 11.6 Å². The molecule has 88 heavy (non-hydrogen) atoms. The van der Waals surface area contributed by atoms with Crippen molar-refractivity contribution in [1.82, 2.24) is 0 Å². The van der Waals surface area contributed by atoms with Gasteiger partial charge in [0.1, 0.15) is 23.0 Å². The number of benzene rings is 9. The van der Waals surface area contributed by atoms with Gasteiger partial charge in [-0.1, -0.05) is 78.6 Å². The topological polar surface area (TPSA) is 207 Å². The molecule has 0 saturated carbocycles. The second-order valence-corrected chi connectivity index (χ2v) is 19.9. The number of hydrogen-bond acceptors (Lipinski definition) is 16. The summed E-state index contributed by atoms with van der Waals surface area (Å²) in [5.74, 6) is 6.03. The Morgan fingerprint density at radius 3 is 1.00 bits per heavy atom. The molecule has 0 amide bonds.